The van der Waals surface area contributed by atoms with Crippen molar-refractivity contribution in [3.05, 3.63) is 29.3 Å². The summed E-state index contributed by atoms with van der Waals surface area (Å²) < 4.78 is 9.25. The molecule has 1 aromatic rings. The van der Waals surface area contributed by atoms with Crippen molar-refractivity contribution in [1.29, 1.82) is 0 Å². The number of carbonyl (C=O) groups is 2. The second-order valence-corrected chi connectivity index (χ2v) is 3.89. The van der Waals surface area contributed by atoms with Gasteiger partial charge in [-0.05, 0) is 30.4 Å². The van der Waals surface area contributed by atoms with Crippen molar-refractivity contribution in [3.8, 4) is 0 Å². The minimum absolute atomic E-state index is 0.229. The fourth-order valence-corrected chi connectivity index (χ4v) is 1.48. The predicted octanol–water partition coefficient (Wildman–Crippen LogP) is 1.18. The smallest absolute Gasteiger partial charge is 0.337 e. The van der Waals surface area contributed by atoms with Gasteiger partial charge < -0.3 is 20.1 Å². The highest BCUT2D eigenvalue weighted by atomic mass is 32.1. The summed E-state index contributed by atoms with van der Waals surface area (Å²) in [7, 11) is 4.18. The molecule has 0 aromatic heterocycles. The maximum atomic E-state index is 11.5. The zero-order chi connectivity index (χ0) is 14.4. The quantitative estimate of drug-likeness (QED) is 0.636. The second-order valence-electron chi connectivity index (χ2n) is 3.49. The summed E-state index contributed by atoms with van der Waals surface area (Å²) in [5.74, 6) is -1.10. The monoisotopic (exact) mass is 282 g/mol. The van der Waals surface area contributed by atoms with Gasteiger partial charge in [0.2, 0.25) is 0 Å². The SMILES string of the molecule is CNC(=S)Nc1cc(C(=O)OC)cc(C(=O)OC)c1. The number of anilines is 1. The molecule has 0 atom stereocenters. The third kappa shape index (κ3) is 3.92. The standard InChI is InChI=1S/C12H14N2O4S/c1-13-12(19)14-9-5-7(10(15)17-2)4-8(6-9)11(16)18-3/h4-6H,1-3H3,(H2,13,14,19). The van der Waals surface area contributed by atoms with E-state index in [1.54, 1.807) is 7.05 Å². The molecule has 6 nitrogen and oxygen atoms in total. The molecule has 7 heteroatoms. The van der Waals surface area contributed by atoms with Crippen LogP contribution in [0.4, 0.5) is 5.69 Å². The number of benzene rings is 1. The van der Waals surface area contributed by atoms with Crippen LogP contribution in [0.25, 0.3) is 0 Å². The number of carbonyl (C=O) groups excluding carboxylic acids is 2. The van der Waals surface area contributed by atoms with Gasteiger partial charge in [0.15, 0.2) is 5.11 Å². The second kappa shape index (κ2) is 6.69. The van der Waals surface area contributed by atoms with Gasteiger partial charge in [-0.25, -0.2) is 9.59 Å². The lowest BCUT2D eigenvalue weighted by atomic mass is 10.1. The molecule has 0 saturated heterocycles. The molecule has 0 saturated carbocycles. The number of thiocarbonyl (C=S) groups is 1. The van der Waals surface area contributed by atoms with E-state index in [0.717, 1.165) is 0 Å². The number of nitrogens with one attached hydrogen (secondary N) is 2. The van der Waals surface area contributed by atoms with Crippen LogP contribution in [0.3, 0.4) is 0 Å². The first kappa shape index (κ1) is 14.9. The van der Waals surface area contributed by atoms with Crippen LogP contribution in [0.15, 0.2) is 18.2 Å². The summed E-state index contributed by atoms with van der Waals surface area (Å²) in [4.78, 5) is 23.1. The third-order valence-corrected chi connectivity index (χ3v) is 2.57. The van der Waals surface area contributed by atoms with Gasteiger partial charge in [-0.1, -0.05) is 0 Å². The molecule has 0 radical (unpaired) electrons. The highest BCUT2D eigenvalue weighted by Gasteiger charge is 2.14. The predicted molar refractivity (Wildman–Crippen MR) is 74.4 cm³/mol. The summed E-state index contributed by atoms with van der Waals surface area (Å²) >= 11 is 4.96. The van der Waals surface area contributed by atoms with E-state index in [2.05, 4.69) is 20.1 Å². The Morgan fingerprint density at radius 1 is 1.05 bits per heavy atom. The highest BCUT2D eigenvalue weighted by Crippen LogP contribution is 2.17. The highest BCUT2D eigenvalue weighted by molar-refractivity contribution is 7.80. The van der Waals surface area contributed by atoms with Crippen LogP contribution < -0.4 is 10.6 Å². The molecule has 1 aromatic carbocycles. The molecule has 0 fully saturated rings. The van der Waals surface area contributed by atoms with Crippen LogP contribution in [-0.2, 0) is 9.47 Å². The van der Waals surface area contributed by atoms with Gasteiger partial charge in [-0.15, -0.1) is 0 Å². The molecule has 1 rings (SSSR count). The Bertz CT molecular complexity index is 482. The normalized spacial score (nSPS) is 9.42. The summed E-state index contributed by atoms with van der Waals surface area (Å²) in [5, 5.41) is 5.92. The lowest BCUT2D eigenvalue weighted by Crippen LogP contribution is -2.24. The number of hydrogen-bond donors (Lipinski definition) is 2. The number of esters is 2. The number of hydrogen-bond acceptors (Lipinski definition) is 5. The van der Waals surface area contributed by atoms with Crippen molar-refractivity contribution < 1.29 is 19.1 Å². The van der Waals surface area contributed by atoms with Gasteiger partial charge in [0.05, 0.1) is 25.3 Å². The van der Waals surface area contributed by atoms with E-state index in [0.29, 0.717) is 10.8 Å². The fraction of sp³-hybridized carbons (Fsp3) is 0.250. The summed E-state index contributed by atoms with van der Waals surface area (Å²) in [6.07, 6.45) is 0. The minimum atomic E-state index is -0.552. The summed E-state index contributed by atoms with van der Waals surface area (Å²) in [6.45, 7) is 0. The Balaban J connectivity index is 3.19. The van der Waals surface area contributed by atoms with E-state index < -0.39 is 11.9 Å². The molecule has 0 aliphatic carbocycles. The zero-order valence-electron chi connectivity index (χ0n) is 10.8. The van der Waals surface area contributed by atoms with E-state index in [1.165, 1.54) is 32.4 Å². The number of rotatable bonds is 3. The van der Waals surface area contributed by atoms with Gasteiger partial charge >= 0.3 is 11.9 Å². The Kier molecular flexibility index (Phi) is 5.25. The van der Waals surface area contributed by atoms with Crippen molar-refractivity contribution in [2.45, 2.75) is 0 Å². The van der Waals surface area contributed by atoms with Crippen molar-refractivity contribution in [2.24, 2.45) is 0 Å². The van der Waals surface area contributed by atoms with E-state index in [9.17, 15) is 9.59 Å². The van der Waals surface area contributed by atoms with E-state index in [4.69, 9.17) is 12.2 Å². The molecular weight excluding hydrogens is 268 g/mol. The van der Waals surface area contributed by atoms with Crippen LogP contribution in [0.1, 0.15) is 20.7 Å². The molecule has 0 heterocycles. The first-order valence-electron chi connectivity index (χ1n) is 5.32. The molecule has 19 heavy (non-hydrogen) atoms. The van der Waals surface area contributed by atoms with Crippen LogP contribution in [0.5, 0.6) is 0 Å². The average molecular weight is 282 g/mol. The summed E-state index contributed by atoms with van der Waals surface area (Å²) in [6, 6.07) is 4.45. The average Bonchev–Trinajstić information content (AvgIpc) is 2.44. The van der Waals surface area contributed by atoms with E-state index >= 15 is 0 Å². The molecule has 2 N–H and O–H groups in total. The maximum absolute atomic E-state index is 11.5. The molecule has 0 amide bonds. The van der Waals surface area contributed by atoms with Gasteiger partial charge in [0.25, 0.3) is 0 Å². The van der Waals surface area contributed by atoms with E-state index in [-0.39, 0.29) is 11.1 Å². The van der Waals surface area contributed by atoms with E-state index in [1.807, 2.05) is 0 Å². The molecule has 0 unspecified atom stereocenters. The first-order chi connectivity index (χ1) is 9.01. The van der Waals surface area contributed by atoms with Crippen molar-refractivity contribution in [2.75, 3.05) is 26.6 Å². The first-order valence-corrected chi connectivity index (χ1v) is 5.73. The van der Waals surface area contributed by atoms with Crippen molar-refractivity contribution in [3.63, 3.8) is 0 Å². The molecular formula is C12H14N2O4S. The summed E-state index contributed by atoms with van der Waals surface area (Å²) in [5.41, 5.74) is 0.946. The fourth-order valence-electron chi connectivity index (χ4n) is 1.36. The van der Waals surface area contributed by atoms with Crippen molar-refractivity contribution >= 4 is 35.0 Å². The molecule has 102 valence electrons. The Labute approximate surface area is 116 Å². The topological polar surface area (TPSA) is 76.7 Å². The van der Waals surface area contributed by atoms with Crippen LogP contribution in [0.2, 0.25) is 0 Å². The van der Waals surface area contributed by atoms with Crippen LogP contribution in [0, 0.1) is 0 Å². The number of ether oxygens (including phenoxy) is 2. The minimum Gasteiger partial charge on any atom is -0.465 e. The molecule has 0 spiro atoms. The van der Waals surface area contributed by atoms with Gasteiger partial charge in [-0.2, -0.15) is 0 Å². The number of methoxy groups -OCH3 is 2. The Morgan fingerprint density at radius 2 is 1.53 bits per heavy atom. The largest absolute Gasteiger partial charge is 0.465 e. The Morgan fingerprint density at radius 3 is 1.89 bits per heavy atom. The van der Waals surface area contributed by atoms with Gasteiger partial charge in [0.1, 0.15) is 0 Å². The van der Waals surface area contributed by atoms with Crippen molar-refractivity contribution in [1.82, 2.24) is 5.32 Å². The lowest BCUT2D eigenvalue weighted by Gasteiger charge is -2.10. The van der Waals surface area contributed by atoms with Crippen LogP contribution >= 0.6 is 12.2 Å². The van der Waals surface area contributed by atoms with Crippen LogP contribution in [-0.4, -0.2) is 38.3 Å². The van der Waals surface area contributed by atoms with Gasteiger partial charge in [-0.3, -0.25) is 0 Å². The maximum Gasteiger partial charge on any atom is 0.337 e. The zero-order valence-corrected chi connectivity index (χ0v) is 11.6. The third-order valence-electron chi connectivity index (χ3n) is 2.26. The molecule has 0 aliphatic heterocycles. The molecule has 0 bridgehead atoms. The van der Waals surface area contributed by atoms with Gasteiger partial charge in [0, 0.05) is 12.7 Å². The lowest BCUT2D eigenvalue weighted by molar-refractivity contribution is 0.0599. The Hall–Kier alpha value is -2.15. The molecule has 0 aliphatic rings.